The van der Waals surface area contributed by atoms with Gasteiger partial charge in [0.1, 0.15) is 13.6 Å². The van der Waals surface area contributed by atoms with Gasteiger partial charge in [0.25, 0.3) is 0 Å². The number of nitrogens with two attached hydrogens (primary N) is 1. The number of alkyl halides is 3. The van der Waals surface area contributed by atoms with Gasteiger partial charge in [-0.25, -0.2) is 0 Å². The molecule has 0 unspecified atom stereocenters. The SMILES string of the molecule is Bc1cc(N)ccc1OC(F)(F)F. The summed E-state index contributed by atoms with van der Waals surface area (Å²) in [6, 6.07) is 3.97. The van der Waals surface area contributed by atoms with Crippen LogP contribution in [0.3, 0.4) is 0 Å². The molecule has 1 aromatic rings. The number of hydrogen-bond donors (Lipinski definition) is 1. The summed E-state index contributed by atoms with van der Waals surface area (Å²) in [6.07, 6.45) is -4.65. The summed E-state index contributed by atoms with van der Waals surface area (Å²) in [7, 11) is 1.50. The van der Waals surface area contributed by atoms with Gasteiger partial charge >= 0.3 is 6.36 Å². The maximum Gasteiger partial charge on any atom is 0.573 e. The molecule has 0 radical (unpaired) electrons. The molecule has 13 heavy (non-hydrogen) atoms. The van der Waals surface area contributed by atoms with Gasteiger partial charge in [0, 0.05) is 5.69 Å². The van der Waals surface area contributed by atoms with E-state index in [2.05, 4.69) is 4.74 Å². The Morgan fingerprint density at radius 1 is 1.31 bits per heavy atom. The van der Waals surface area contributed by atoms with E-state index in [1.54, 1.807) is 0 Å². The van der Waals surface area contributed by atoms with Crippen molar-refractivity contribution in [3.05, 3.63) is 18.2 Å². The minimum absolute atomic E-state index is 0.221. The van der Waals surface area contributed by atoms with Crippen molar-refractivity contribution >= 4 is 19.0 Å². The van der Waals surface area contributed by atoms with E-state index < -0.39 is 6.36 Å². The molecular weight excluding hydrogens is 182 g/mol. The zero-order valence-corrected chi connectivity index (χ0v) is 6.85. The Bertz CT molecular complexity index is 313. The molecule has 0 aromatic heterocycles. The second-order valence-corrected chi connectivity index (χ2v) is 2.57. The molecule has 0 spiro atoms. The van der Waals surface area contributed by atoms with Crippen LogP contribution >= 0.6 is 0 Å². The molecule has 0 heterocycles. The molecule has 2 nitrogen and oxygen atoms in total. The fourth-order valence-corrected chi connectivity index (χ4v) is 0.912. The van der Waals surface area contributed by atoms with E-state index in [-0.39, 0.29) is 5.75 Å². The molecule has 70 valence electrons. The van der Waals surface area contributed by atoms with Crippen molar-refractivity contribution in [3.8, 4) is 5.75 Å². The molecular formula is C7H7BF3NO. The van der Waals surface area contributed by atoms with Gasteiger partial charge in [-0.2, -0.15) is 0 Å². The average molecular weight is 189 g/mol. The van der Waals surface area contributed by atoms with Crippen LogP contribution in [-0.4, -0.2) is 14.2 Å². The third-order valence-corrected chi connectivity index (χ3v) is 1.42. The molecule has 0 bridgehead atoms. The van der Waals surface area contributed by atoms with Crippen LogP contribution in [0.2, 0.25) is 0 Å². The Balaban J connectivity index is 2.90. The van der Waals surface area contributed by atoms with E-state index >= 15 is 0 Å². The molecule has 0 atom stereocenters. The summed E-state index contributed by atoms with van der Waals surface area (Å²) in [4.78, 5) is 0. The predicted octanol–water partition coefficient (Wildman–Crippen LogP) is 0.426. The quantitative estimate of drug-likeness (QED) is 0.513. The van der Waals surface area contributed by atoms with Gasteiger partial charge in [-0.1, -0.05) is 0 Å². The molecule has 1 rings (SSSR count). The molecule has 0 amide bonds. The van der Waals surface area contributed by atoms with Gasteiger partial charge in [-0.15, -0.1) is 13.2 Å². The fraction of sp³-hybridized carbons (Fsp3) is 0.143. The Morgan fingerprint density at radius 2 is 1.92 bits per heavy atom. The summed E-state index contributed by atoms with van der Waals surface area (Å²) >= 11 is 0. The van der Waals surface area contributed by atoms with Crippen LogP contribution < -0.4 is 15.9 Å². The first-order chi connectivity index (χ1) is 5.88. The smallest absolute Gasteiger partial charge is 0.406 e. The first-order valence-electron chi connectivity index (χ1n) is 3.50. The van der Waals surface area contributed by atoms with Gasteiger partial charge in [0.15, 0.2) is 0 Å². The summed E-state index contributed by atoms with van der Waals surface area (Å²) < 4.78 is 39.0. The first-order valence-corrected chi connectivity index (χ1v) is 3.50. The van der Waals surface area contributed by atoms with Gasteiger partial charge in [0.05, 0.1) is 0 Å². The van der Waals surface area contributed by atoms with Crippen molar-refractivity contribution < 1.29 is 17.9 Å². The Morgan fingerprint density at radius 3 is 2.38 bits per heavy atom. The van der Waals surface area contributed by atoms with E-state index in [1.165, 1.54) is 26.0 Å². The number of ether oxygens (including phenoxy) is 1. The fourth-order valence-electron chi connectivity index (χ4n) is 0.912. The van der Waals surface area contributed by atoms with Crippen molar-refractivity contribution in [3.63, 3.8) is 0 Å². The number of anilines is 1. The highest BCUT2D eigenvalue weighted by Gasteiger charge is 2.31. The second-order valence-electron chi connectivity index (χ2n) is 2.57. The Labute approximate surface area is 73.9 Å². The van der Waals surface area contributed by atoms with Crippen LogP contribution in [0.15, 0.2) is 18.2 Å². The van der Waals surface area contributed by atoms with Crippen LogP contribution in [0.25, 0.3) is 0 Å². The molecule has 0 fully saturated rings. The lowest BCUT2D eigenvalue weighted by Gasteiger charge is -2.11. The first kappa shape index (κ1) is 9.76. The maximum atomic E-state index is 11.8. The van der Waals surface area contributed by atoms with Crippen LogP contribution in [0.5, 0.6) is 5.75 Å². The summed E-state index contributed by atoms with van der Waals surface area (Å²) in [6.45, 7) is 0. The Hall–Kier alpha value is -1.33. The molecule has 1 aromatic carbocycles. The number of rotatable bonds is 1. The minimum Gasteiger partial charge on any atom is -0.406 e. The van der Waals surface area contributed by atoms with Crippen LogP contribution in [0.4, 0.5) is 18.9 Å². The van der Waals surface area contributed by atoms with Crippen LogP contribution in [0.1, 0.15) is 0 Å². The van der Waals surface area contributed by atoms with Gasteiger partial charge in [-0.3, -0.25) is 0 Å². The number of nitrogen functional groups attached to an aromatic ring is 1. The Kier molecular flexibility index (Phi) is 2.40. The molecule has 2 N–H and O–H groups in total. The molecule has 0 aliphatic rings. The zero-order valence-electron chi connectivity index (χ0n) is 6.85. The highest BCUT2D eigenvalue weighted by atomic mass is 19.4. The van der Waals surface area contributed by atoms with Crippen molar-refractivity contribution in [2.75, 3.05) is 5.73 Å². The molecule has 6 heteroatoms. The van der Waals surface area contributed by atoms with Crippen molar-refractivity contribution in [1.29, 1.82) is 0 Å². The summed E-state index contributed by atoms with van der Waals surface area (Å²) in [5, 5.41) is 0. The number of halogens is 3. The number of benzene rings is 1. The largest absolute Gasteiger partial charge is 0.573 e. The third kappa shape index (κ3) is 2.89. The molecule has 0 aliphatic heterocycles. The lowest BCUT2D eigenvalue weighted by atomic mass is 9.95. The lowest BCUT2D eigenvalue weighted by molar-refractivity contribution is -0.274. The van der Waals surface area contributed by atoms with E-state index in [9.17, 15) is 13.2 Å². The summed E-state index contributed by atoms with van der Waals surface area (Å²) in [5.74, 6) is -0.221. The zero-order chi connectivity index (χ0) is 10.1. The van der Waals surface area contributed by atoms with Crippen LogP contribution in [-0.2, 0) is 0 Å². The highest BCUT2D eigenvalue weighted by molar-refractivity contribution is 6.34. The highest BCUT2D eigenvalue weighted by Crippen LogP contribution is 2.21. The van der Waals surface area contributed by atoms with Gasteiger partial charge in [0.2, 0.25) is 0 Å². The van der Waals surface area contributed by atoms with Crippen molar-refractivity contribution in [2.45, 2.75) is 6.36 Å². The standard InChI is InChI=1S/C7H7BF3NO/c8-5-3-4(12)1-2-6(5)13-7(9,10)11/h1-3H,8,12H2. The number of hydrogen-bond acceptors (Lipinski definition) is 2. The summed E-state index contributed by atoms with van der Waals surface area (Å²) in [5.41, 5.74) is 6.12. The van der Waals surface area contributed by atoms with E-state index in [4.69, 9.17) is 5.73 Å². The predicted molar refractivity (Wildman–Crippen MR) is 45.7 cm³/mol. The van der Waals surface area contributed by atoms with Crippen LogP contribution in [0, 0.1) is 0 Å². The monoisotopic (exact) mass is 189 g/mol. The van der Waals surface area contributed by atoms with Crippen molar-refractivity contribution in [2.24, 2.45) is 0 Å². The third-order valence-electron chi connectivity index (χ3n) is 1.42. The topological polar surface area (TPSA) is 35.2 Å². The average Bonchev–Trinajstić information content (AvgIpc) is 1.93. The van der Waals surface area contributed by atoms with E-state index in [1.807, 2.05) is 0 Å². The molecule has 0 saturated heterocycles. The second kappa shape index (κ2) is 3.20. The van der Waals surface area contributed by atoms with E-state index in [0.717, 1.165) is 0 Å². The van der Waals surface area contributed by atoms with Crippen molar-refractivity contribution in [1.82, 2.24) is 0 Å². The molecule has 0 saturated carbocycles. The lowest BCUT2D eigenvalue weighted by Crippen LogP contribution is -2.22. The van der Waals surface area contributed by atoms with Gasteiger partial charge < -0.3 is 10.5 Å². The normalized spacial score (nSPS) is 11.3. The van der Waals surface area contributed by atoms with E-state index in [0.29, 0.717) is 11.2 Å². The van der Waals surface area contributed by atoms with Gasteiger partial charge in [-0.05, 0) is 23.7 Å². The maximum absolute atomic E-state index is 11.8. The molecule has 0 aliphatic carbocycles. The minimum atomic E-state index is -4.65.